The van der Waals surface area contributed by atoms with Gasteiger partial charge < -0.3 is 4.90 Å². The first-order valence-electron chi connectivity index (χ1n) is 9.13. The Morgan fingerprint density at radius 1 is 1.03 bits per heavy atom. The Hall–Kier alpha value is -1.71. The van der Waals surface area contributed by atoms with E-state index in [1.807, 2.05) is 0 Å². The van der Waals surface area contributed by atoms with Crippen LogP contribution in [0.4, 0.5) is 11.4 Å². The molecule has 0 radical (unpaired) electrons. The molecule has 2 aromatic rings. The van der Waals surface area contributed by atoms with E-state index in [1.54, 1.807) is 6.07 Å². The number of carbonyl (C=O) groups is 1. The van der Waals surface area contributed by atoms with Crippen LogP contribution in [-0.2, 0) is 10.0 Å². The third-order valence-electron chi connectivity index (χ3n) is 4.75. The largest absolute Gasteiger partial charge is 0.371 e. The average molecular weight is 492 g/mol. The smallest absolute Gasteiger partial charge is 0.271 e. The lowest BCUT2D eigenvalue weighted by Gasteiger charge is -2.22. The van der Waals surface area contributed by atoms with Gasteiger partial charge in [0.05, 0.1) is 26.2 Å². The number of benzene rings is 2. The van der Waals surface area contributed by atoms with Crippen molar-refractivity contribution >= 4 is 62.1 Å². The minimum absolute atomic E-state index is 0.0307. The summed E-state index contributed by atoms with van der Waals surface area (Å²) >= 11 is 18.2. The van der Waals surface area contributed by atoms with Crippen LogP contribution in [0.25, 0.3) is 0 Å². The molecule has 1 aliphatic rings. The number of hydrazine groups is 1. The van der Waals surface area contributed by atoms with Crippen molar-refractivity contribution in [3.63, 3.8) is 0 Å². The fourth-order valence-corrected chi connectivity index (χ4v) is 4.99. The molecule has 1 fully saturated rings. The maximum atomic E-state index is 13.0. The molecule has 1 aliphatic heterocycles. The van der Waals surface area contributed by atoms with Crippen molar-refractivity contribution in [1.29, 1.82) is 0 Å². The lowest BCUT2D eigenvalue weighted by Crippen LogP contribution is -2.32. The average Bonchev–Trinajstić information content (AvgIpc) is 3.21. The van der Waals surface area contributed by atoms with Crippen LogP contribution in [0.2, 0.25) is 15.1 Å². The number of hydrogen-bond donors (Lipinski definition) is 2. The second-order valence-electron chi connectivity index (χ2n) is 6.98. The molecule has 2 aromatic carbocycles. The van der Waals surface area contributed by atoms with Gasteiger partial charge in [-0.2, -0.15) is 0 Å². The van der Waals surface area contributed by atoms with E-state index >= 15 is 0 Å². The third kappa shape index (κ3) is 4.78. The van der Waals surface area contributed by atoms with Crippen LogP contribution in [0.5, 0.6) is 0 Å². The Morgan fingerprint density at radius 3 is 2.20 bits per heavy atom. The summed E-state index contributed by atoms with van der Waals surface area (Å²) in [5, 5.41) is 0.827. The van der Waals surface area contributed by atoms with Gasteiger partial charge in [-0.15, -0.1) is 0 Å². The molecule has 7 nitrogen and oxygen atoms in total. The molecule has 0 atom stereocenters. The number of carbonyl (C=O) groups excluding carboxylic acids is 1. The molecular formula is C19H21Cl3N4O3S. The van der Waals surface area contributed by atoms with E-state index in [2.05, 4.69) is 15.8 Å². The number of nitrogens with zero attached hydrogens (tertiary/aromatic N) is 2. The molecule has 11 heteroatoms. The zero-order valence-corrected chi connectivity index (χ0v) is 19.5. The summed E-state index contributed by atoms with van der Waals surface area (Å²) in [4.78, 5) is 15.1. The maximum absolute atomic E-state index is 13.0. The highest BCUT2D eigenvalue weighted by Gasteiger charge is 2.25. The molecule has 1 saturated heterocycles. The summed E-state index contributed by atoms with van der Waals surface area (Å²) in [6.07, 6.45) is 2.01. The first kappa shape index (κ1) is 23.0. The van der Waals surface area contributed by atoms with Crippen LogP contribution in [0, 0.1) is 0 Å². The van der Waals surface area contributed by atoms with Crippen molar-refractivity contribution < 1.29 is 13.2 Å². The summed E-state index contributed by atoms with van der Waals surface area (Å²) in [7, 11) is -0.821. The molecule has 3 rings (SSSR count). The van der Waals surface area contributed by atoms with E-state index in [0.29, 0.717) is 10.7 Å². The second kappa shape index (κ2) is 9.20. The van der Waals surface area contributed by atoms with Crippen molar-refractivity contribution in [3.8, 4) is 0 Å². The normalized spacial score (nSPS) is 14.3. The van der Waals surface area contributed by atoms with Crippen molar-refractivity contribution in [1.82, 2.24) is 9.73 Å². The van der Waals surface area contributed by atoms with Gasteiger partial charge in [0, 0.05) is 37.9 Å². The summed E-state index contributed by atoms with van der Waals surface area (Å²) < 4.78 is 26.2. The topological polar surface area (TPSA) is 81.8 Å². The Labute approximate surface area is 190 Å². The monoisotopic (exact) mass is 490 g/mol. The van der Waals surface area contributed by atoms with Gasteiger partial charge in [-0.05, 0) is 43.2 Å². The number of sulfonamides is 1. The van der Waals surface area contributed by atoms with E-state index in [4.69, 9.17) is 34.8 Å². The molecule has 0 aromatic heterocycles. The van der Waals surface area contributed by atoms with Crippen LogP contribution in [0.1, 0.15) is 23.2 Å². The van der Waals surface area contributed by atoms with E-state index in [0.717, 1.165) is 30.2 Å². The lowest BCUT2D eigenvalue weighted by atomic mass is 10.1. The number of anilines is 2. The van der Waals surface area contributed by atoms with Crippen molar-refractivity contribution in [2.24, 2.45) is 0 Å². The van der Waals surface area contributed by atoms with E-state index in [-0.39, 0.29) is 26.2 Å². The summed E-state index contributed by atoms with van der Waals surface area (Å²) in [6.45, 7) is 1.59. The van der Waals surface area contributed by atoms with Gasteiger partial charge in [0.1, 0.15) is 0 Å². The van der Waals surface area contributed by atoms with Crippen molar-refractivity contribution in [3.05, 3.63) is 51.0 Å². The van der Waals surface area contributed by atoms with Crippen LogP contribution in [0.3, 0.4) is 0 Å². The van der Waals surface area contributed by atoms with Crippen LogP contribution in [-0.4, -0.2) is 45.8 Å². The van der Waals surface area contributed by atoms with E-state index in [9.17, 15) is 13.2 Å². The SMILES string of the molecule is CN(C)S(=O)(=O)c1ccc(N2CCCC2)c(C(=O)NNc2c(Cl)cc(Cl)cc2Cl)c1. The van der Waals surface area contributed by atoms with Crippen molar-refractivity contribution in [2.45, 2.75) is 17.7 Å². The summed E-state index contributed by atoms with van der Waals surface area (Å²) in [5.74, 6) is -0.519. The van der Waals surface area contributed by atoms with Gasteiger partial charge in [0.25, 0.3) is 5.91 Å². The predicted molar refractivity (Wildman–Crippen MR) is 121 cm³/mol. The van der Waals surface area contributed by atoms with Gasteiger partial charge in [-0.1, -0.05) is 34.8 Å². The highest BCUT2D eigenvalue weighted by atomic mass is 35.5. The number of rotatable bonds is 6. The first-order chi connectivity index (χ1) is 14.1. The van der Waals surface area contributed by atoms with Gasteiger partial charge in [0.2, 0.25) is 10.0 Å². The van der Waals surface area contributed by atoms with Gasteiger partial charge in [-0.25, -0.2) is 12.7 Å². The highest BCUT2D eigenvalue weighted by molar-refractivity contribution is 7.89. The van der Waals surface area contributed by atoms with Gasteiger partial charge >= 0.3 is 0 Å². The van der Waals surface area contributed by atoms with E-state index in [1.165, 1.54) is 38.4 Å². The van der Waals surface area contributed by atoms with Gasteiger partial charge in [-0.3, -0.25) is 15.6 Å². The van der Waals surface area contributed by atoms with Gasteiger partial charge in [0.15, 0.2) is 0 Å². The zero-order chi connectivity index (χ0) is 22.1. The standard InChI is InChI=1S/C19H21Cl3N4O3S/c1-25(2)30(28,29)13-5-6-17(26-7-3-4-8-26)14(11-13)19(27)24-23-18-15(21)9-12(20)10-16(18)22/h5-6,9-11,23H,3-4,7-8H2,1-2H3,(H,24,27). The summed E-state index contributed by atoms with van der Waals surface area (Å²) in [6, 6.07) is 7.54. The molecule has 2 N–H and O–H groups in total. The Bertz CT molecular complexity index is 1050. The Balaban J connectivity index is 1.94. The van der Waals surface area contributed by atoms with Crippen LogP contribution < -0.4 is 15.8 Å². The molecule has 1 heterocycles. The molecule has 0 spiro atoms. The Morgan fingerprint density at radius 2 is 1.63 bits per heavy atom. The molecule has 1 amide bonds. The van der Waals surface area contributed by atoms with E-state index < -0.39 is 15.9 Å². The molecular weight excluding hydrogens is 471 g/mol. The first-order valence-corrected chi connectivity index (χ1v) is 11.7. The molecule has 0 aliphatic carbocycles. The van der Waals surface area contributed by atoms with Crippen LogP contribution in [0.15, 0.2) is 35.2 Å². The maximum Gasteiger partial charge on any atom is 0.271 e. The molecule has 162 valence electrons. The molecule has 0 saturated carbocycles. The highest BCUT2D eigenvalue weighted by Crippen LogP contribution is 2.33. The molecule has 0 bridgehead atoms. The lowest BCUT2D eigenvalue weighted by molar-refractivity contribution is 0.0963. The number of hydrogen-bond acceptors (Lipinski definition) is 5. The fraction of sp³-hybridized carbons (Fsp3) is 0.316. The number of nitrogens with one attached hydrogen (secondary N) is 2. The fourth-order valence-electron chi connectivity index (χ4n) is 3.15. The Kier molecular flexibility index (Phi) is 7.04. The predicted octanol–water partition coefficient (Wildman–Crippen LogP) is 4.25. The number of amides is 1. The minimum Gasteiger partial charge on any atom is -0.371 e. The summed E-state index contributed by atoms with van der Waals surface area (Å²) in [5.41, 5.74) is 6.44. The quantitative estimate of drug-likeness (QED) is 0.590. The van der Waals surface area contributed by atoms with Crippen molar-refractivity contribution in [2.75, 3.05) is 37.5 Å². The minimum atomic E-state index is -3.70. The van der Waals surface area contributed by atoms with Crippen LogP contribution >= 0.6 is 34.8 Å². The zero-order valence-electron chi connectivity index (χ0n) is 16.4. The molecule has 30 heavy (non-hydrogen) atoms. The second-order valence-corrected chi connectivity index (χ2v) is 10.4. The number of halogens is 3. The molecule has 0 unspecified atom stereocenters. The third-order valence-corrected chi connectivity index (χ3v) is 7.37.